The molecule has 10 heteroatoms. The number of amides is 1. The quantitative estimate of drug-likeness (QED) is 0.665. The molecule has 0 saturated carbocycles. The van der Waals surface area contributed by atoms with Crippen molar-refractivity contribution in [3.63, 3.8) is 0 Å². The van der Waals surface area contributed by atoms with Gasteiger partial charge in [0.25, 0.3) is 5.91 Å². The van der Waals surface area contributed by atoms with E-state index in [1.807, 2.05) is 0 Å². The van der Waals surface area contributed by atoms with Gasteiger partial charge in [-0.1, -0.05) is 11.6 Å². The molecule has 156 valence electrons. The first kappa shape index (κ1) is 21.5. The van der Waals surface area contributed by atoms with E-state index in [4.69, 9.17) is 21.1 Å². The Bertz CT molecular complexity index is 963. The number of nitrogens with one attached hydrogen (secondary N) is 1. The molecule has 1 heterocycles. The number of carbonyl (C=O) groups is 1. The number of ether oxygens (including phenoxy) is 2. The summed E-state index contributed by atoms with van der Waals surface area (Å²) < 4.78 is 50.9. The molecule has 7 nitrogen and oxygen atoms in total. The Morgan fingerprint density at radius 3 is 2.52 bits per heavy atom. The van der Waals surface area contributed by atoms with Crippen LogP contribution in [0.3, 0.4) is 0 Å². The second kappa shape index (κ2) is 9.53. The van der Waals surface area contributed by atoms with Gasteiger partial charge in [-0.15, -0.1) is 0 Å². The summed E-state index contributed by atoms with van der Waals surface area (Å²) in [5.74, 6) is -0.819. The van der Waals surface area contributed by atoms with Crippen molar-refractivity contribution in [2.75, 3.05) is 39.5 Å². The van der Waals surface area contributed by atoms with Crippen LogP contribution >= 0.6 is 11.6 Å². The van der Waals surface area contributed by atoms with Gasteiger partial charge in [0.2, 0.25) is 10.0 Å². The number of hydrogen-bond acceptors (Lipinski definition) is 5. The smallest absolute Gasteiger partial charge is 0.254 e. The summed E-state index contributed by atoms with van der Waals surface area (Å²) in [6, 6.07) is 9.86. The minimum absolute atomic E-state index is 0.105. The Labute approximate surface area is 173 Å². The maximum absolute atomic E-state index is 13.7. The molecule has 0 atom stereocenters. The summed E-state index contributed by atoms with van der Waals surface area (Å²) in [7, 11) is -3.56. The van der Waals surface area contributed by atoms with Crippen molar-refractivity contribution in [3.8, 4) is 5.75 Å². The molecule has 1 aliphatic heterocycles. The lowest BCUT2D eigenvalue weighted by atomic mass is 10.2. The third kappa shape index (κ3) is 5.45. The van der Waals surface area contributed by atoms with Crippen molar-refractivity contribution >= 4 is 27.5 Å². The normalized spacial score (nSPS) is 15.1. The summed E-state index contributed by atoms with van der Waals surface area (Å²) in [5.41, 5.74) is -0.105. The highest BCUT2D eigenvalue weighted by Gasteiger charge is 2.26. The zero-order chi connectivity index (χ0) is 20.9. The minimum Gasteiger partial charge on any atom is -0.492 e. The predicted octanol–water partition coefficient (Wildman–Crippen LogP) is 2.31. The highest BCUT2D eigenvalue weighted by Crippen LogP contribution is 2.20. The molecule has 3 rings (SSSR count). The standard InChI is InChI=1S/C19H20ClFN2O5S/c20-14-1-6-17(18(21)13-14)19(24)22-7-10-28-15-2-4-16(5-3-15)29(25,26)23-8-11-27-12-9-23/h1-6,13H,7-12H2,(H,22,24). The van der Waals surface area contributed by atoms with E-state index in [1.165, 1.54) is 28.6 Å². The van der Waals surface area contributed by atoms with Crippen LogP contribution in [0.5, 0.6) is 5.75 Å². The zero-order valence-corrected chi connectivity index (χ0v) is 17.0. The van der Waals surface area contributed by atoms with Gasteiger partial charge in [0.15, 0.2) is 0 Å². The fourth-order valence-corrected chi connectivity index (χ4v) is 4.31. The van der Waals surface area contributed by atoms with Crippen molar-refractivity contribution in [3.05, 3.63) is 58.9 Å². The Hall–Kier alpha value is -2.20. The molecule has 1 aliphatic rings. The number of rotatable bonds is 7. The van der Waals surface area contributed by atoms with Gasteiger partial charge in [0.05, 0.1) is 30.2 Å². The minimum atomic E-state index is -3.56. The van der Waals surface area contributed by atoms with Crippen molar-refractivity contribution in [1.82, 2.24) is 9.62 Å². The number of hydrogen-bond donors (Lipinski definition) is 1. The molecule has 0 unspecified atom stereocenters. The highest BCUT2D eigenvalue weighted by atomic mass is 35.5. The van der Waals surface area contributed by atoms with Crippen LogP contribution in [-0.2, 0) is 14.8 Å². The molecule has 0 aliphatic carbocycles. The average Bonchev–Trinajstić information content (AvgIpc) is 2.72. The van der Waals surface area contributed by atoms with E-state index >= 15 is 0 Å². The van der Waals surface area contributed by atoms with Gasteiger partial charge >= 0.3 is 0 Å². The van der Waals surface area contributed by atoms with E-state index in [2.05, 4.69) is 5.32 Å². The SMILES string of the molecule is O=C(NCCOc1ccc(S(=O)(=O)N2CCOCC2)cc1)c1ccc(Cl)cc1F. The van der Waals surface area contributed by atoms with Gasteiger partial charge in [-0.05, 0) is 42.5 Å². The summed E-state index contributed by atoms with van der Waals surface area (Å²) >= 11 is 5.66. The number of benzene rings is 2. The zero-order valence-electron chi connectivity index (χ0n) is 15.4. The van der Waals surface area contributed by atoms with Gasteiger partial charge in [0.1, 0.15) is 18.2 Å². The fraction of sp³-hybridized carbons (Fsp3) is 0.316. The molecule has 0 radical (unpaired) electrons. The third-order valence-corrected chi connectivity index (χ3v) is 6.41. The number of halogens is 2. The van der Waals surface area contributed by atoms with E-state index in [-0.39, 0.29) is 28.6 Å². The molecule has 0 bridgehead atoms. The molecule has 1 saturated heterocycles. The van der Waals surface area contributed by atoms with E-state index < -0.39 is 21.7 Å². The van der Waals surface area contributed by atoms with E-state index in [0.717, 1.165) is 6.07 Å². The Morgan fingerprint density at radius 1 is 1.17 bits per heavy atom. The van der Waals surface area contributed by atoms with Crippen LogP contribution in [0.1, 0.15) is 10.4 Å². The molecule has 29 heavy (non-hydrogen) atoms. The molecule has 2 aromatic carbocycles. The predicted molar refractivity (Wildman–Crippen MR) is 105 cm³/mol. The van der Waals surface area contributed by atoms with Crippen LogP contribution in [0, 0.1) is 5.82 Å². The largest absolute Gasteiger partial charge is 0.492 e. The van der Waals surface area contributed by atoms with Crippen LogP contribution in [-0.4, -0.2) is 58.1 Å². The molecule has 1 N–H and O–H groups in total. The second-order valence-corrected chi connectivity index (χ2v) is 8.59. The topological polar surface area (TPSA) is 84.9 Å². The van der Waals surface area contributed by atoms with E-state index in [9.17, 15) is 17.6 Å². The summed E-state index contributed by atoms with van der Waals surface area (Å²) in [6.07, 6.45) is 0. The van der Waals surface area contributed by atoms with E-state index in [1.54, 1.807) is 12.1 Å². The van der Waals surface area contributed by atoms with Crippen LogP contribution in [0.15, 0.2) is 47.4 Å². The van der Waals surface area contributed by atoms with Crippen LogP contribution < -0.4 is 10.1 Å². The summed E-state index contributed by atoms with van der Waals surface area (Å²) in [5, 5.41) is 2.76. The number of morpholine rings is 1. The first-order valence-electron chi connectivity index (χ1n) is 8.92. The highest BCUT2D eigenvalue weighted by molar-refractivity contribution is 7.89. The Balaban J connectivity index is 1.49. The second-order valence-electron chi connectivity index (χ2n) is 6.22. The Morgan fingerprint density at radius 2 is 1.86 bits per heavy atom. The summed E-state index contributed by atoms with van der Waals surface area (Å²) in [4.78, 5) is 12.1. The first-order chi connectivity index (χ1) is 13.9. The number of carbonyl (C=O) groups excluding carboxylic acids is 1. The molecule has 2 aromatic rings. The van der Waals surface area contributed by atoms with Crippen LogP contribution in [0.4, 0.5) is 4.39 Å². The van der Waals surface area contributed by atoms with Crippen molar-refractivity contribution < 1.29 is 27.1 Å². The molecule has 1 amide bonds. The molecule has 0 aromatic heterocycles. The Kier molecular flexibility index (Phi) is 7.07. The lowest BCUT2D eigenvalue weighted by Gasteiger charge is -2.26. The van der Waals surface area contributed by atoms with E-state index in [0.29, 0.717) is 32.1 Å². The van der Waals surface area contributed by atoms with Gasteiger partial charge in [-0.2, -0.15) is 4.31 Å². The fourth-order valence-electron chi connectivity index (χ4n) is 2.75. The molecule has 1 fully saturated rings. The number of sulfonamides is 1. The van der Waals surface area contributed by atoms with Crippen LogP contribution in [0.2, 0.25) is 5.02 Å². The van der Waals surface area contributed by atoms with Gasteiger partial charge in [-0.3, -0.25) is 4.79 Å². The van der Waals surface area contributed by atoms with Gasteiger partial charge < -0.3 is 14.8 Å². The monoisotopic (exact) mass is 442 g/mol. The van der Waals surface area contributed by atoms with Crippen LogP contribution in [0.25, 0.3) is 0 Å². The number of nitrogens with zero attached hydrogens (tertiary/aromatic N) is 1. The maximum atomic E-state index is 13.7. The van der Waals surface area contributed by atoms with Gasteiger partial charge in [0, 0.05) is 18.1 Å². The van der Waals surface area contributed by atoms with Crippen molar-refractivity contribution in [2.45, 2.75) is 4.90 Å². The van der Waals surface area contributed by atoms with Crippen molar-refractivity contribution in [1.29, 1.82) is 0 Å². The molecular formula is C19H20ClFN2O5S. The summed E-state index contributed by atoms with van der Waals surface area (Å²) in [6.45, 7) is 1.70. The first-order valence-corrected chi connectivity index (χ1v) is 10.7. The molecular weight excluding hydrogens is 423 g/mol. The lowest BCUT2D eigenvalue weighted by Crippen LogP contribution is -2.40. The average molecular weight is 443 g/mol. The maximum Gasteiger partial charge on any atom is 0.254 e. The third-order valence-electron chi connectivity index (χ3n) is 4.26. The van der Waals surface area contributed by atoms with Crippen molar-refractivity contribution in [2.24, 2.45) is 0 Å². The van der Waals surface area contributed by atoms with Gasteiger partial charge in [-0.25, -0.2) is 12.8 Å². The lowest BCUT2D eigenvalue weighted by molar-refractivity contribution is 0.0730. The molecule has 0 spiro atoms.